The number of carbonyl (C=O) groups excluding carboxylic acids is 2. The topological polar surface area (TPSA) is 79.9 Å². The number of urea groups is 1. The molecule has 7 heteroatoms. The van der Waals surface area contributed by atoms with Crippen LogP contribution in [-0.2, 0) is 0 Å². The Morgan fingerprint density at radius 2 is 1.77 bits per heavy atom. The summed E-state index contributed by atoms with van der Waals surface area (Å²) in [5, 5.41) is 5.49. The Balaban J connectivity index is 1.58. The van der Waals surface area contributed by atoms with E-state index < -0.39 is 6.03 Å². The zero-order chi connectivity index (χ0) is 21.3. The summed E-state index contributed by atoms with van der Waals surface area (Å²) in [5.41, 5.74) is 3.09. The molecule has 0 aromatic heterocycles. The summed E-state index contributed by atoms with van der Waals surface area (Å²) in [7, 11) is 3.24. The number of methoxy groups -OCH3 is 1. The summed E-state index contributed by atoms with van der Waals surface area (Å²) >= 11 is 0. The maximum Gasteiger partial charge on any atom is 0.323 e. The van der Waals surface area contributed by atoms with Gasteiger partial charge in [0.05, 0.1) is 24.0 Å². The highest BCUT2D eigenvalue weighted by Crippen LogP contribution is 2.39. The van der Waals surface area contributed by atoms with Gasteiger partial charge in [0, 0.05) is 12.7 Å². The van der Waals surface area contributed by atoms with Crippen LogP contribution < -0.4 is 25.0 Å². The number of benzene rings is 3. The number of nitrogens with one attached hydrogen (secondary N) is 2. The number of nitrogens with zero attached hydrogens (tertiary/aromatic N) is 1. The maximum absolute atomic E-state index is 13.0. The summed E-state index contributed by atoms with van der Waals surface area (Å²) in [6.07, 6.45) is 0. The molecule has 0 fully saturated rings. The van der Waals surface area contributed by atoms with E-state index in [4.69, 9.17) is 9.47 Å². The molecule has 0 saturated carbocycles. The number of ether oxygens (including phenoxy) is 2. The van der Waals surface area contributed by atoms with E-state index in [2.05, 4.69) is 10.6 Å². The van der Waals surface area contributed by atoms with Crippen LogP contribution in [0.1, 0.15) is 15.9 Å². The molecule has 3 aromatic carbocycles. The molecular formula is C23H21N3O4. The van der Waals surface area contributed by atoms with Crippen molar-refractivity contribution in [1.82, 2.24) is 0 Å². The third-order valence-electron chi connectivity index (χ3n) is 4.82. The predicted molar refractivity (Wildman–Crippen MR) is 116 cm³/mol. The van der Waals surface area contributed by atoms with Gasteiger partial charge in [0.1, 0.15) is 11.5 Å². The lowest BCUT2D eigenvalue weighted by Crippen LogP contribution is -2.25. The first kappa shape index (κ1) is 19.3. The molecule has 1 aliphatic heterocycles. The Morgan fingerprint density at radius 1 is 1.00 bits per heavy atom. The number of aryl methyl sites for hydroxylation is 1. The van der Waals surface area contributed by atoms with Gasteiger partial charge in [-0.1, -0.05) is 18.2 Å². The van der Waals surface area contributed by atoms with Crippen molar-refractivity contribution in [2.75, 3.05) is 29.7 Å². The van der Waals surface area contributed by atoms with E-state index in [1.807, 2.05) is 31.2 Å². The van der Waals surface area contributed by atoms with Crippen LogP contribution in [0.2, 0.25) is 0 Å². The summed E-state index contributed by atoms with van der Waals surface area (Å²) in [6, 6.07) is 17.3. The second-order valence-electron chi connectivity index (χ2n) is 6.93. The number of anilines is 3. The van der Waals surface area contributed by atoms with Gasteiger partial charge in [-0.3, -0.25) is 4.79 Å². The number of fused-ring (bicyclic) bond motifs is 2. The van der Waals surface area contributed by atoms with Crippen molar-refractivity contribution in [2.24, 2.45) is 0 Å². The summed E-state index contributed by atoms with van der Waals surface area (Å²) in [6.45, 7) is 1.96. The zero-order valence-corrected chi connectivity index (χ0v) is 16.9. The molecule has 152 valence electrons. The summed E-state index contributed by atoms with van der Waals surface area (Å²) in [4.78, 5) is 27.0. The molecule has 30 heavy (non-hydrogen) atoms. The van der Waals surface area contributed by atoms with Gasteiger partial charge in [0.25, 0.3) is 5.91 Å². The van der Waals surface area contributed by atoms with Gasteiger partial charge in [-0.2, -0.15) is 0 Å². The molecule has 0 spiro atoms. The summed E-state index contributed by atoms with van der Waals surface area (Å²) in [5.74, 6) is 1.37. The first-order chi connectivity index (χ1) is 14.5. The van der Waals surface area contributed by atoms with E-state index in [1.54, 1.807) is 48.3 Å². The molecule has 0 bridgehead atoms. The predicted octanol–water partition coefficient (Wildman–Crippen LogP) is 5.03. The molecule has 7 nitrogen and oxygen atoms in total. The smallest absolute Gasteiger partial charge is 0.323 e. The molecule has 4 rings (SSSR count). The Kier molecular flexibility index (Phi) is 5.02. The Hall–Kier alpha value is -4.00. The first-order valence-electron chi connectivity index (χ1n) is 9.38. The van der Waals surface area contributed by atoms with E-state index in [-0.39, 0.29) is 5.91 Å². The van der Waals surface area contributed by atoms with Crippen LogP contribution in [0.3, 0.4) is 0 Å². The highest BCUT2D eigenvalue weighted by Gasteiger charge is 2.26. The number of carbonyl (C=O) groups is 2. The number of amides is 3. The zero-order valence-electron chi connectivity index (χ0n) is 16.9. The lowest BCUT2D eigenvalue weighted by atomic mass is 10.1. The molecule has 2 N–H and O–H groups in total. The Morgan fingerprint density at radius 3 is 2.57 bits per heavy atom. The van der Waals surface area contributed by atoms with Gasteiger partial charge in [-0.05, 0) is 55.0 Å². The van der Waals surface area contributed by atoms with E-state index in [1.165, 1.54) is 7.11 Å². The highest BCUT2D eigenvalue weighted by atomic mass is 16.5. The van der Waals surface area contributed by atoms with Crippen molar-refractivity contribution in [2.45, 2.75) is 6.92 Å². The lowest BCUT2D eigenvalue weighted by Gasteiger charge is -2.17. The van der Waals surface area contributed by atoms with Crippen LogP contribution in [0, 0.1) is 6.92 Å². The monoisotopic (exact) mass is 403 g/mol. The minimum Gasteiger partial charge on any atom is -0.495 e. The largest absolute Gasteiger partial charge is 0.495 e. The minimum atomic E-state index is -0.450. The second kappa shape index (κ2) is 7.79. The molecule has 3 amide bonds. The van der Waals surface area contributed by atoms with E-state index in [9.17, 15) is 9.59 Å². The SMILES string of the molecule is COc1ccccc1NC(=O)Nc1ccc2c(c1)C(=O)N(C)c1cc(C)ccc1O2. The number of rotatable bonds is 3. The molecular weight excluding hydrogens is 382 g/mol. The van der Waals surface area contributed by atoms with E-state index >= 15 is 0 Å². The van der Waals surface area contributed by atoms with Gasteiger partial charge in [0.2, 0.25) is 0 Å². The fourth-order valence-corrected chi connectivity index (χ4v) is 3.28. The lowest BCUT2D eigenvalue weighted by molar-refractivity contribution is 0.0993. The van der Waals surface area contributed by atoms with E-state index in [0.29, 0.717) is 39.9 Å². The van der Waals surface area contributed by atoms with Gasteiger partial charge < -0.3 is 25.0 Å². The molecule has 1 heterocycles. The van der Waals surface area contributed by atoms with Gasteiger partial charge in [0.15, 0.2) is 5.75 Å². The molecule has 0 saturated heterocycles. The molecule has 0 atom stereocenters. The van der Waals surface area contributed by atoms with Crippen molar-refractivity contribution < 1.29 is 19.1 Å². The first-order valence-corrected chi connectivity index (χ1v) is 9.38. The van der Waals surface area contributed by atoms with Crippen LogP contribution in [0.5, 0.6) is 17.2 Å². The Labute approximate surface area is 174 Å². The summed E-state index contributed by atoms with van der Waals surface area (Å²) < 4.78 is 11.2. The number of hydrogen-bond acceptors (Lipinski definition) is 4. The maximum atomic E-state index is 13.0. The average molecular weight is 403 g/mol. The fraction of sp³-hybridized carbons (Fsp3) is 0.130. The van der Waals surface area contributed by atoms with Crippen molar-refractivity contribution >= 4 is 29.0 Å². The molecule has 0 aliphatic carbocycles. The Bertz CT molecular complexity index is 1140. The third-order valence-corrected chi connectivity index (χ3v) is 4.82. The molecule has 1 aliphatic rings. The van der Waals surface area contributed by atoms with E-state index in [0.717, 1.165) is 5.56 Å². The number of para-hydroxylation sites is 2. The standard InChI is InChI=1S/C23H21N3O4/c1-14-8-10-21-18(12-14)26(2)22(27)16-13-15(9-11-19(16)30-21)24-23(28)25-17-6-4-5-7-20(17)29-3/h4-13H,1-3H3,(H2,24,25,28). The normalized spacial score (nSPS) is 12.2. The van der Waals surface area contributed by atoms with Crippen LogP contribution in [-0.4, -0.2) is 26.1 Å². The molecule has 0 unspecified atom stereocenters. The van der Waals surface area contributed by atoms with Crippen LogP contribution >= 0.6 is 0 Å². The number of hydrogen-bond donors (Lipinski definition) is 2. The molecule has 3 aromatic rings. The quantitative estimate of drug-likeness (QED) is 0.643. The van der Waals surface area contributed by atoms with Crippen molar-refractivity contribution in [1.29, 1.82) is 0 Å². The second-order valence-corrected chi connectivity index (χ2v) is 6.93. The van der Waals surface area contributed by atoms with Gasteiger partial charge in [-0.25, -0.2) is 4.79 Å². The van der Waals surface area contributed by atoms with Gasteiger partial charge >= 0.3 is 6.03 Å². The van der Waals surface area contributed by atoms with Crippen molar-refractivity contribution in [3.8, 4) is 17.2 Å². The molecule has 0 radical (unpaired) electrons. The minimum absolute atomic E-state index is 0.219. The van der Waals surface area contributed by atoms with Crippen LogP contribution in [0.15, 0.2) is 60.7 Å². The van der Waals surface area contributed by atoms with Gasteiger partial charge in [-0.15, -0.1) is 0 Å². The fourth-order valence-electron chi connectivity index (χ4n) is 3.28. The highest BCUT2D eigenvalue weighted by molar-refractivity contribution is 6.10. The van der Waals surface area contributed by atoms with Crippen molar-refractivity contribution in [3.63, 3.8) is 0 Å². The average Bonchev–Trinajstić information content (AvgIpc) is 2.84. The van der Waals surface area contributed by atoms with Crippen molar-refractivity contribution in [3.05, 3.63) is 71.8 Å². The van der Waals surface area contributed by atoms with Crippen LogP contribution in [0.4, 0.5) is 21.9 Å². The third kappa shape index (κ3) is 3.65. The van der Waals surface area contributed by atoms with Crippen LogP contribution in [0.25, 0.3) is 0 Å².